The number of halogens is 3. The quantitative estimate of drug-likeness (QED) is 0.497. The van der Waals surface area contributed by atoms with Crippen LogP contribution in [0.1, 0.15) is 0 Å². The molecule has 0 atom stereocenters. The van der Waals surface area contributed by atoms with E-state index < -0.39 is 32.5 Å². The molecule has 0 fully saturated rings. The number of aromatic hydroxyl groups is 1. The summed E-state index contributed by atoms with van der Waals surface area (Å²) in [5.41, 5.74) is -0.203. The molecule has 2 N–H and O–H groups in total. The first kappa shape index (κ1) is 16.3. The fraction of sp³-hybridized carbons (Fsp3) is 0. The molecular weight excluding hydrogens is 342 g/mol. The van der Waals surface area contributed by atoms with Crippen LogP contribution in [0.25, 0.3) is 0 Å². The van der Waals surface area contributed by atoms with Gasteiger partial charge in [0, 0.05) is 6.07 Å². The van der Waals surface area contributed by atoms with Gasteiger partial charge < -0.3 is 5.11 Å². The molecular formula is C12H7ClF2N2O4S. The lowest BCUT2D eigenvalue weighted by Crippen LogP contribution is -1.96. The number of phenols is 1. The summed E-state index contributed by atoms with van der Waals surface area (Å²) in [6, 6.07) is 5.27. The van der Waals surface area contributed by atoms with E-state index in [1.807, 2.05) is 0 Å². The second-order valence-electron chi connectivity index (χ2n) is 4.02. The van der Waals surface area contributed by atoms with Gasteiger partial charge in [0.1, 0.15) is 10.7 Å². The molecule has 0 saturated carbocycles. The van der Waals surface area contributed by atoms with Gasteiger partial charge >= 0.3 is 0 Å². The van der Waals surface area contributed by atoms with Crippen molar-refractivity contribution >= 4 is 33.1 Å². The number of benzene rings is 2. The van der Waals surface area contributed by atoms with Crippen LogP contribution in [0.2, 0.25) is 5.02 Å². The lowest BCUT2D eigenvalue weighted by Gasteiger charge is -2.02. The fourth-order valence-electron chi connectivity index (χ4n) is 1.44. The monoisotopic (exact) mass is 348 g/mol. The van der Waals surface area contributed by atoms with Crippen molar-refractivity contribution in [2.75, 3.05) is 0 Å². The summed E-state index contributed by atoms with van der Waals surface area (Å²) in [6.07, 6.45) is 0. The van der Waals surface area contributed by atoms with Crippen LogP contribution >= 0.6 is 11.6 Å². The number of azo groups is 1. The number of phenolic OH excluding ortho intramolecular Hbond substituents is 1. The Morgan fingerprint density at radius 3 is 2.23 bits per heavy atom. The summed E-state index contributed by atoms with van der Waals surface area (Å²) in [6.45, 7) is 0. The Balaban J connectivity index is 2.34. The van der Waals surface area contributed by atoms with Gasteiger partial charge in [-0.1, -0.05) is 11.6 Å². The van der Waals surface area contributed by atoms with Crippen molar-refractivity contribution in [1.82, 2.24) is 0 Å². The summed E-state index contributed by atoms with van der Waals surface area (Å²) in [5, 5.41) is 15.5. The van der Waals surface area contributed by atoms with E-state index in [2.05, 4.69) is 10.2 Å². The van der Waals surface area contributed by atoms with Crippen molar-refractivity contribution in [1.29, 1.82) is 0 Å². The summed E-state index contributed by atoms with van der Waals surface area (Å²) in [5.74, 6) is -3.84. The van der Waals surface area contributed by atoms with Gasteiger partial charge in [-0.3, -0.25) is 4.55 Å². The molecule has 0 bridgehead atoms. The maximum atomic E-state index is 13.3. The first-order valence-corrected chi connectivity index (χ1v) is 7.37. The largest absolute Gasteiger partial charge is 0.503 e. The molecule has 0 unspecified atom stereocenters. The maximum Gasteiger partial charge on any atom is 0.294 e. The van der Waals surface area contributed by atoms with Crippen LogP contribution in [0.3, 0.4) is 0 Å². The zero-order chi connectivity index (χ0) is 16.5. The lowest BCUT2D eigenvalue weighted by atomic mass is 10.3. The molecule has 10 heteroatoms. The topological polar surface area (TPSA) is 99.3 Å². The van der Waals surface area contributed by atoms with Crippen LogP contribution in [0.15, 0.2) is 45.5 Å². The van der Waals surface area contributed by atoms with Crippen LogP contribution in [0.4, 0.5) is 20.2 Å². The lowest BCUT2D eigenvalue weighted by molar-refractivity contribution is 0.396. The SMILES string of the molecule is O=S(=O)(O)c1ccc(N=Nc2cc(F)c(O)c(F)c2Cl)cc1. The van der Waals surface area contributed by atoms with Gasteiger partial charge in [-0.05, 0) is 24.3 Å². The van der Waals surface area contributed by atoms with Gasteiger partial charge in [0.2, 0.25) is 0 Å². The minimum absolute atomic E-state index is 0.150. The summed E-state index contributed by atoms with van der Waals surface area (Å²) in [4.78, 5) is -0.341. The molecule has 0 aliphatic rings. The zero-order valence-corrected chi connectivity index (χ0v) is 12.1. The molecule has 0 spiro atoms. The van der Waals surface area contributed by atoms with Crippen molar-refractivity contribution < 1.29 is 26.9 Å². The maximum absolute atomic E-state index is 13.3. The molecule has 0 aliphatic heterocycles. The minimum atomic E-state index is -4.33. The highest BCUT2D eigenvalue weighted by Crippen LogP contribution is 2.36. The highest BCUT2D eigenvalue weighted by atomic mass is 35.5. The highest BCUT2D eigenvalue weighted by molar-refractivity contribution is 7.85. The van der Waals surface area contributed by atoms with E-state index >= 15 is 0 Å². The smallest absolute Gasteiger partial charge is 0.294 e. The molecule has 2 aromatic carbocycles. The van der Waals surface area contributed by atoms with Crippen LogP contribution in [-0.4, -0.2) is 18.1 Å². The Morgan fingerprint density at radius 1 is 1.09 bits per heavy atom. The summed E-state index contributed by atoms with van der Waals surface area (Å²) < 4.78 is 57.0. The first-order valence-electron chi connectivity index (χ1n) is 5.56. The third-order valence-electron chi connectivity index (χ3n) is 2.52. The third kappa shape index (κ3) is 3.38. The third-order valence-corrected chi connectivity index (χ3v) is 3.75. The molecule has 22 heavy (non-hydrogen) atoms. The van der Waals surface area contributed by atoms with Crippen molar-refractivity contribution in [3.05, 3.63) is 47.0 Å². The summed E-state index contributed by atoms with van der Waals surface area (Å²) in [7, 11) is -4.33. The van der Waals surface area contributed by atoms with Gasteiger partial charge in [0.25, 0.3) is 10.1 Å². The zero-order valence-electron chi connectivity index (χ0n) is 10.5. The summed E-state index contributed by atoms with van der Waals surface area (Å²) >= 11 is 5.55. The number of rotatable bonds is 3. The van der Waals surface area contributed by atoms with E-state index in [1.54, 1.807) is 0 Å². The molecule has 2 rings (SSSR count). The fourth-order valence-corrected chi connectivity index (χ4v) is 2.10. The Morgan fingerprint density at radius 2 is 1.68 bits per heavy atom. The Hall–Kier alpha value is -2.10. The minimum Gasteiger partial charge on any atom is -0.503 e. The average Bonchev–Trinajstić information content (AvgIpc) is 2.47. The van der Waals surface area contributed by atoms with Gasteiger partial charge in [-0.2, -0.15) is 13.5 Å². The van der Waals surface area contributed by atoms with Crippen molar-refractivity contribution in [2.45, 2.75) is 4.90 Å². The predicted octanol–water partition coefficient (Wildman–Crippen LogP) is 3.99. The van der Waals surface area contributed by atoms with Gasteiger partial charge in [-0.15, -0.1) is 5.11 Å². The van der Waals surface area contributed by atoms with E-state index in [9.17, 15) is 17.2 Å². The first-order chi connectivity index (χ1) is 10.2. The molecule has 2 aromatic rings. The Bertz CT molecular complexity index is 854. The number of hydrogen-bond acceptors (Lipinski definition) is 5. The molecule has 6 nitrogen and oxygen atoms in total. The molecule has 0 heterocycles. The average molecular weight is 349 g/mol. The van der Waals surface area contributed by atoms with Crippen molar-refractivity contribution in [2.24, 2.45) is 10.2 Å². The van der Waals surface area contributed by atoms with Gasteiger partial charge in [0.05, 0.1) is 10.6 Å². The van der Waals surface area contributed by atoms with Gasteiger partial charge in [0.15, 0.2) is 17.4 Å². The number of hydrogen-bond donors (Lipinski definition) is 2. The second-order valence-corrected chi connectivity index (χ2v) is 5.82. The van der Waals surface area contributed by atoms with E-state index in [0.29, 0.717) is 6.07 Å². The standard InChI is InChI=1S/C12H7ClF2N2O4S/c13-10-9(5-8(14)12(18)11(10)15)17-16-6-1-3-7(4-2-6)22(19,20)21/h1-5,18H,(H,19,20,21). The predicted molar refractivity (Wildman–Crippen MR) is 73.5 cm³/mol. The van der Waals surface area contributed by atoms with Crippen LogP contribution in [-0.2, 0) is 10.1 Å². The van der Waals surface area contributed by atoms with E-state index in [0.717, 1.165) is 12.1 Å². The highest BCUT2D eigenvalue weighted by Gasteiger charge is 2.16. The molecule has 0 radical (unpaired) electrons. The molecule has 0 saturated heterocycles. The molecule has 0 amide bonds. The van der Waals surface area contributed by atoms with Crippen LogP contribution in [0.5, 0.6) is 5.75 Å². The van der Waals surface area contributed by atoms with Crippen LogP contribution < -0.4 is 0 Å². The molecule has 116 valence electrons. The van der Waals surface area contributed by atoms with E-state index in [4.69, 9.17) is 21.3 Å². The second kappa shape index (κ2) is 5.95. The van der Waals surface area contributed by atoms with E-state index in [-0.39, 0.29) is 16.3 Å². The number of nitrogens with zero attached hydrogens (tertiary/aromatic N) is 2. The van der Waals surface area contributed by atoms with Crippen LogP contribution in [0, 0.1) is 11.6 Å². The van der Waals surface area contributed by atoms with Gasteiger partial charge in [-0.25, -0.2) is 8.78 Å². The molecule has 0 aromatic heterocycles. The Labute approximate surface area is 128 Å². The molecule has 0 aliphatic carbocycles. The normalized spacial score (nSPS) is 12.0. The van der Waals surface area contributed by atoms with Crippen molar-refractivity contribution in [3.8, 4) is 5.75 Å². The van der Waals surface area contributed by atoms with E-state index in [1.165, 1.54) is 12.1 Å². The Kier molecular flexibility index (Phi) is 4.40. The van der Waals surface area contributed by atoms with Crippen molar-refractivity contribution in [3.63, 3.8) is 0 Å².